The van der Waals surface area contributed by atoms with Crippen molar-refractivity contribution in [2.24, 2.45) is 0 Å². The third kappa shape index (κ3) is 3.20. The Morgan fingerprint density at radius 3 is 2.86 bits per heavy atom. The van der Waals surface area contributed by atoms with Crippen LogP contribution >= 0.6 is 11.6 Å². The van der Waals surface area contributed by atoms with Crippen LogP contribution in [0.4, 0.5) is 0 Å². The maximum atomic E-state index is 12.3. The average Bonchev–Trinajstić information content (AvgIpc) is 3.21. The number of hydrogen-bond acceptors (Lipinski definition) is 2. The molecule has 2 heterocycles. The number of hydrogen-bond donors (Lipinski definition) is 2. The van der Waals surface area contributed by atoms with E-state index in [4.69, 9.17) is 11.6 Å². The summed E-state index contributed by atoms with van der Waals surface area (Å²) in [4.78, 5) is 19.2. The first-order valence-electron chi connectivity index (χ1n) is 6.92. The third-order valence-corrected chi connectivity index (χ3v) is 3.66. The summed E-state index contributed by atoms with van der Waals surface area (Å²) < 4.78 is 1.93. The Kier molecular flexibility index (Phi) is 4.25. The second-order valence-corrected chi connectivity index (χ2v) is 5.24. The normalized spacial score (nSPS) is 10.6. The molecule has 0 aliphatic rings. The van der Waals surface area contributed by atoms with E-state index in [9.17, 15) is 4.79 Å². The predicted octanol–water partition coefficient (Wildman–Crippen LogP) is 2.83. The fraction of sp³-hybridized carbons (Fsp3) is 0.125. The van der Waals surface area contributed by atoms with E-state index in [-0.39, 0.29) is 5.91 Å². The minimum atomic E-state index is -0.182. The molecule has 3 rings (SSSR count). The van der Waals surface area contributed by atoms with Gasteiger partial charge < -0.3 is 14.9 Å². The van der Waals surface area contributed by atoms with Gasteiger partial charge in [-0.1, -0.05) is 11.6 Å². The number of carbonyl (C=O) groups excluding carboxylic acids is 1. The van der Waals surface area contributed by atoms with Crippen molar-refractivity contribution in [1.29, 1.82) is 0 Å². The van der Waals surface area contributed by atoms with E-state index >= 15 is 0 Å². The molecule has 0 atom stereocenters. The lowest BCUT2D eigenvalue weighted by atomic mass is 10.1. The molecule has 2 N–H and O–H groups in total. The van der Waals surface area contributed by atoms with Crippen LogP contribution < -0.4 is 5.32 Å². The van der Waals surface area contributed by atoms with Gasteiger partial charge in [-0.25, -0.2) is 4.98 Å². The second kappa shape index (κ2) is 6.49. The van der Waals surface area contributed by atoms with Crippen molar-refractivity contribution < 1.29 is 4.79 Å². The lowest BCUT2D eigenvalue weighted by molar-refractivity contribution is 0.0954. The van der Waals surface area contributed by atoms with Gasteiger partial charge in [-0.2, -0.15) is 0 Å². The van der Waals surface area contributed by atoms with Crippen LogP contribution in [0.15, 0.2) is 55.2 Å². The summed E-state index contributed by atoms with van der Waals surface area (Å²) in [5.41, 5.74) is 2.35. The fourth-order valence-corrected chi connectivity index (χ4v) is 2.39. The van der Waals surface area contributed by atoms with Crippen LogP contribution in [0.2, 0.25) is 5.02 Å². The smallest absolute Gasteiger partial charge is 0.252 e. The minimum absolute atomic E-state index is 0.182. The topological polar surface area (TPSA) is 62.7 Å². The van der Waals surface area contributed by atoms with Gasteiger partial charge in [0.2, 0.25) is 0 Å². The maximum Gasteiger partial charge on any atom is 0.252 e. The number of H-pyrrole nitrogens is 1. The van der Waals surface area contributed by atoms with E-state index in [0.29, 0.717) is 23.6 Å². The molecule has 0 fully saturated rings. The average molecular weight is 315 g/mol. The molecular weight excluding hydrogens is 300 g/mol. The van der Waals surface area contributed by atoms with Gasteiger partial charge in [0.05, 0.1) is 16.9 Å². The summed E-state index contributed by atoms with van der Waals surface area (Å²) in [7, 11) is 0. The zero-order chi connectivity index (χ0) is 15.4. The Morgan fingerprint density at radius 1 is 1.32 bits per heavy atom. The first-order chi connectivity index (χ1) is 10.7. The molecule has 0 radical (unpaired) electrons. The summed E-state index contributed by atoms with van der Waals surface area (Å²) in [5, 5.41) is 3.31. The highest BCUT2D eigenvalue weighted by molar-refractivity contribution is 6.33. The number of benzene rings is 1. The predicted molar refractivity (Wildman–Crippen MR) is 85.4 cm³/mol. The van der Waals surface area contributed by atoms with Gasteiger partial charge >= 0.3 is 0 Å². The van der Waals surface area contributed by atoms with Gasteiger partial charge in [0.25, 0.3) is 5.91 Å². The summed E-state index contributed by atoms with van der Waals surface area (Å²) >= 11 is 6.14. The van der Waals surface area contributed by atoms with E-state index in [2.05, 4.69) is 15.3 Å². The van der Waals surface area contributed by atoms with Gasteiger partial charge in [0.15, 0.2) is 0 Å². The molecule has 1 aromatic carbocycles. The number of nitrogens with one attached hydrogen (secondary N) is 2. The molecule has 1 amide bonds. The highest BCUT2D eigenvalue weighted by atomic mass is 35.5. The number of aromatic amines is 1. The number of carbonyl (C=O) groups is 1. The molecule has 22 heavy (non-hydrogen) atoms. The number of amides is 1. The van der Waals surface area contributed by atoms with E-state index in [1.165, 1.54) is 0 Å². The van der Waals surface area contributed by atoms with Gasteiger partial charge in [-0.15, -0.1) is 0 Å². The maximum absolute atomic E-state index is 12.3. The molecule has 3 aromatic rings. The Labute approximate surface area is 133 Å². The van der Waals surface area contributed by atoms with Crippen LogP contribution in [0.25, 0.3) is 5.69 Å². The highest BCUT2D eigenvalue weighted by Gasteiger charge is 2.11. The van der Waals surface area contributed by atoms with Crippen LogP contribution in [0.3, 0.4) is 0 Å². The monoisotopic (exact) mass is 314 g/mol. The molecule has 6 heteroatoms. The van der Waals surface area contributed by atoms with E-state index in [1.807, 2.05) is 35.2 Å². The zero-order valence-electron chi connectivity index (χ0n) is 11.8. The van der Waals surface area contributed by atoms with Gasteiger partial charge in [-0.05, 0) is 30.3 Å². The van der Waals surface area contributed by atoms with Gasteiger partial charge in [0.1, 0.15) is 0 Å². The van der Waals surface area contributed by atoms with Crippen molar-refractivity contribution in [3.05, 3.63) is 71.5 Å². The molecule has 0 aliphatic carbocycles. The molecule has 0 saturated carbocycles. The Balaban J connectivity index is 1.70. The van der Waals surface area contributed by atoms with Gasteiger partial charge in [-0.3, -0.25) is 4.79 Å². The molecule has 0 aliphatic heterocycles. The van der Waals surface area contributed by atoms with Crippen LogP contribution in [0.5, 0.6) is 0 Å². The molecule has 0 unspecified atom stereocenters. The second-order valence-electron chi connectivity index (χ2n) is 4.84. The molecular formula is C16H15ClN4O. The molecule has 112 valence electrons. The number of imidazole rings is 1. The Bertz CT molecular complexity index is 751. The van der Waals surface area contributed by atoms with Gasteiger partial charge in [0, 0.05) is 42.9 Å². The first-order valence-corrected chi connectivity index (χ1v) is 7.30. The molecule has 5 nitrogen and oxygen atoms in total. The van der Waals surface area contributed by atoms with Crippen molar-refractivity contribution in [2.45, 2.75) is 6.42 Å². The van der Waals surface area contributed by atoms with Crippen LogP contribution in [-0.2, 0) is 6.42 Å². The molecule has 2 aromatic heterocycles. The Morgan fingerprint density at radius 2 is 2.14 bits per heavy atom. The lowest BCUT2D eigenvalue weighted by Crippen LogP contribution is -2.26. The zero-order valence-corrected chi connectivity index (χ0v) is 12.5. The van der Waals surface area contributed by atoms with Crippen LogP contribution in [-0.4, -0.2) is 27.0 Å². The highest BCUT2D eigenvalue weighted by Crippen LogP contribution is 2.20. The number of rotatable bonds is 5. The fourth-order valence-electron chi connectivity index (χ4n) is 2.18. The van der Waals surface area contributed by atoms with Crippen LogP contribution in [0, 0.1) is 0 Å². The summed E-state index contributed by atoms with van der Waals surface area (Å²) in [5.74, 6) is -0.182. The minimum Gasteiger partial charge on any atom is -0.352 e. The van der Waals surface area contributed by atoms with E-state index in [0.717, 1.165) is 11.4 Å². The number of aromatic nitrogens is 3. The Hall–Kier alpha value is -2.53. The molecule has 0 spiro atoms. The summed E-state index contributed by atoms with van der Waals surface area (Å²) in [6, 6.07) is 9.26. The number of halogens is 1. The van der Waals surface area contributed by atoms with E-state index in [1.54, 1.807) is 24.7 Å². The van der Waals surface area contributed by atoms with E-state index < -0.39 is 0 Å². The molecule has 0 saturated heterocycles. The van der Waals surface area contributed by atoms with Crippen molar-refractivity contribution in [2.75, 3.05) is 6.54 Å². The third-order valence-electron chi connectivity index (χ3n) is 3.33. The molecule has 0 bridgehead atoms. The number of nitrogens with zero attached hydrogens (tertiary/aromatic N) is 2. The quantitative estimate of drug-likeness (QED) is 0.760. The summed E-state index contributed by atoms with van der Waals surface area (Å²) in [6.07, 6.45) is 7.90. The van der Waals surface area contributed by atoms with Crippen molar-refractivity contribution >= 4 is 17.5 Å². The largest absolute Gasteiger partial charge is 0.352 e. The van der Waals surface area contributed by atoms with Crippen molar-refractivity contribution in [3.63, 3.8) is 0 Å². The SMILES string of the molecule is O=C(NCCc1cnc[nH]1)c1cc(-n2cccc2)ccc1Cl. The van der Waals surface area contributed by atoms with Crippen LogP contribution in [0.1, 0.15) is 16.1 Å². The lowest BCUT2D eigenvalue weighted by Gasteiger charge is -2.09. The van der Waals surface area contributed by atoms with Crippen molar-refractivity contribution in [1.82, 2.24) is 19.9 Å². The first kappa shape index (κ1) is 14.4. The standard InChI is InChI=1S/C16H15ClN4O/c17-15-4-3-13(21-7-1-2-8-21)9-14(15)16(22)19-6-5-12-10-18-11-20-12/h1-4,7-11H,5-6H2,(H,18,20)(H,19,22). The summed E-state index contributed by atoms with van der Waals surface area (Å²) in [6.45, 7) is 0.519. The van der Waals surface area contributed by atoms with Crippen molar-refractivity contribution in [3.8, 4) is 5.69 Å².